The lowest BCUT2D eigenvalue weighted by molar-refractivity contribution is 0.509. The van der Waals surface area contributed by atoms with Gasteiger partial charge >= 0.3 is 0 Å². The number of thiophene rings is 1. The molecule has 126 valence electrons. The Balaban J connectivity index is 1.45. The summed E-state index contributed by atoms with van der Waals surface area (Å²) in [6, 6.07) is 11.8. The topological polar surface area (TPSA) is 76.7 Å². The van der Waals surface area contributed by atoms with Crippen LogP contribution in [0, 0.1) is 0 Å². The summed E-state index contributed by atoms with van der Waals surface area (Å²) < 4.78 is 5.73. The van der Waals surface area contributed by atoms with Crippen molar-refractivity contribution in [1.29, 1.82) is 0 Å². The van der Waals surface area contributed by atoms with Crippen LogP contribution in [0.4, 0.5) is 5.82 Å². The van der Waals surface area contributed by atoms with E-state index in [1.165, 1.54) is 0 Å². The van der Waals surface area contributed by atoms with E-state index in [2.05, 4.69) is 32.4 Å². The molecule has 25 heavy (non-hydrogen) atoms. The molecule has 0 fully saturated rings. The third-order valence-electron chi connectivity index (χ3n) is 3.81. The summed E-state index contributed by atoms with van der Waals surface area (Å²) in [7, 11) is 0. The van der Waals surface area contributed by atoms with Crippen molar-refractivity contribution in [2.45, 2.75) is 19.8 Å². The number of benzene rings is 1. The Morgan fingerprint density at radius 3 is 2.80 bits per heavy atom. The van der Waals surface area contributed by atoms with Gasteiger partial charge in [0.15, 0.2) is 0 Å². The Hall–Kier alpha value is -2.80. The van der Waals surface area contributed by atoms with Gasteiger partial charge in [0.2, 0.25) is 11.8 Å². The maximum absolute atomic E-state index is 5.73. The Bertz CT molecular complexity index is 979. The van der Waals surface area contributed by atoms with Crippen LogP contribution in [0.1, 0.15) is 18.6 Å². The normalized spacial score (nSPS) is 11.1. The van der Waals surface area contributed by atoms with Crippen LogP contribution < -0.4 is 5.32 Å². The third-order valence-corrected chi connectivity index (χ3v) is 4.61. The van der Waals surface area contributed by atoms with E-state index < -0.39 is 0 Å². The highest BCUT2D eigenvalue weighted by Gasteiger charge is 2.10. The lowest BCUT2D eigenvalue weighted by atomic mass is 10.2. The largest absolute Gasteiger partial charge is 0.421 e. The SMILES string of the molecule is CCc1nc(NCCc2nnc(-c3ccccc3)o2)c2ccsc2n1. The first-order chi connectivity index (χ1) is 12.3. The number of aromatic nitrogens is 4. The average molecular weight is 351 g/mol. The van der Waals surface area contributed by atoms with Crippen molar-refractivity contribution >= 4 is 27.4 Å². The van der Waals surface area contributed by atoms with Crippen LogP contribution in [0.25, 0.3) is 21.7 Å². The van der Waals surface area contributed by atoms with Gasteiger partial charge in [-0.25, -0.2) is 9.97 Å². The molecule has 0 aliphatic heterocycles. The second-order valence-corrected chi connectivity index (χ2v) is 6.42. The van der Waals surface area contributed by atoms with Gasteiger partial charge in [-0.3, -0.25) is 0 Å². The number of nitrogens with one attached hydrogen (secondary N) is 1. The molecular formula is C18H17N5OS. The van der Waals surface area contributed by atoms with E-state index in [0.717, 1.165) is 33.8 Å². The van der Waals surface area contributed by atoms with Gasteiger partial charge in [-0.2, -0.15) is 0 Å². The smallest absolute Gasteiger partial charge is 0.247 e. The van der Waals surface area contributed by atoms with E-state index in [4.69, 9.17) is 4.42 Å². The predicted molar refractivity (Wildman–Crippen MR) is 98.7 cm³/mol. The molecule has 4 aromatic rings. The molecule has 3 aromatic heterocycles. The first-order valence-corrected chi connectivity index (χ1v) is 9.07. The summed E-state index contributed by atoms with van der Waals surface area (Å²) in [6.07, 6.45) is 1.45. The maximum Gasteiger partial charge on any atom is 0.247 e. The van der Waals surface area contributed by atoms with Crippen molar-refractivity contribution < 1.29 is 4.42 Å². The molecule has 3 heterocycles. The molecule has 0 bridgehead atoms. The highest BCUT2D eigenvalue weighted by Crippen LogP contribution is 2.25. The molecule has 0 radical (unpaired) electrons. The fraction of sp³-hybridized carbons (Fsp3) is 0.222. The zero-order valence-electron chi connectivity index (χ0n) is 13.8. The number of hydrogen-bond donors (Lipinski definition) is 1. The number of rotatable bonds is 6. The van der Waals surface area contributed by atoms with E-state index in [1.54, 1.807) is 11.3 Å². The molecule has 1 N–H and O–H groups in total. The molecule has 4 rings (SSSR count). The second-order valence-electron chi connectivity index (χ2n) is 5.53. The van der Waals surface area contributed by atoms with Crippen molar-refractivity contribution in [3.8, 4) is 11.5 Å². The standard InChI is InChI=1S/C18H17N5OS/c1-2-14-20-16(13-9-11-25-18(13)21-14)19-10-8-15-22-23-17(24-15)12-6-4-3-5-7-12/h3-7,9,11H,2,8,10H2,1H3,(H,19,20,21). The van der Waals surface area contributed by atoms with Gasteiger partial charge in [0.25, 0.3) is 0 Å². The number of aryl methyl sites for hydroxylation is 1. The first kappa shape index (κ1) is 15.7. The summed E-state index contributed by atoms with van der Waals surface area (Å²) in [5.41, 5.74) is 0.928. The zero-order valence-corrected chi connectivity index (χ0v) is 14.6. The second kappa shape index (κ2) is 6.98. The molecular weight excluding hydrogens is 334 g/mol. The van der Waals surface area contributed by atoms with Crippen LogP contribution in [-0.4, -0.2) is 26.7 Å². The minimum Gasteiger partial charge on any atom is -0.421 e. The zero-order chi connectivity index (χ0) is 17.1. The van der Waals surface area contributed by atoms with Gasteiger partial charge in [-0.1, -0.05) is 25.1 Å². The summed E-state index contributed by atoms with van der Waals surface area (Å²) in [4.78, 5) is 10.1. The van der Waals surface area contributed by atoms with E-state index in [0.29, 0.717) is 24.7 Å². The maximum atomic E-state index is 5.73. The molecule has 0 aliphatic rings. The Kier molecular flexibility index (Phi) is 4.39. The van der Waals surface area contributed by atoms with Crippen molar-refractivity contribution in [3.63, 3.8) is 0 Å². The van der Waals surface area contributed by atoms with Crippen LogP contribution in [0.5, 0.6) is 0 Å². The van der Waals surface area contributed by atoms with Gasteiger partial charge in [0, 0.05) is 24.9 Å². The molecule has 0 unspecified atom stereocenters. The number of fused-ring (bicyclic) bond motifs is 1. The predicted octanol–water partition coefficient (Wildman–Crippen LogP) is 3.96. The molecule has 0 aliphatic carbocycles. The fourth-order valence-electron chi connectivity index (χ4n) is 2.53. The van der Waals surface area contributed by atoms with Gasteiger partial charge < -0.3 is 9.73 Å². The lowest BCUT2D eigenvalue weighted by Gasteiger charge is -2.07. The van der Waals surface area contributed by atoms with Gasteiger partial charge in [-0.05, 0) is 23.6 Å². The number of anilines is 1. The third kappa shape index (κ3) is 3.36. The summed E-state index contributed by atoms with van der Waals surface area (Å²) in [5, 5.41) is 14.7. The quantitative estimate of drug-likeness (QED) is 0.567. The van der Waals surface area contributed by atoms with E-state index in [9.17, 15) is 0 Å². The monoisotopic (exact) mass is 351 g/mol. The van der Waals surface area contributed by atoms with Gasteiger partial charge in [0.05, 0.1) is 5.39 Å². The van der Waals surface area contributed by atoms with Crippen molar-refractivity contribution in [2.75, 3.05) is 11.9 Å². The molecule has 0 saturated heterocycles. The summed E-state index contributed by atoms with van der Waals surface area (Å²) >= 11 is 1.63. The van der Waals surface area contributed by atoms with Crippen LogP contribution in [-0.2, 0) is 12.8 Å². The molecule has 0 saturated carbocycles. The minimum absolute atomic E-state index is 0.547. The van der Waals surface area contributed by atoms with Gasteiger partial charge in [-0.15, -0.1) is 21.5 Å². The summed E-state index contributed by atoms with van der Waals surface area (Å²) in [5.74, 6) is 2.87. The van der Waals surface area contributed by atoms with E-state index >= 15 is 0 Å². The van der Waals surface area contributed by atoms with Gasteiger partial charge in [0.1, 0.15) is 16.5 Å². The van der Waals surface area contributed by atoms with Crippen molar-refractivity contribution in [1.82, 2.24) is 20.2 Å². The molecule has 6 nitrogen and oxygen atoms in total. The Morgan fingerprint density at radius 1 is 1.08 bits per heavy atom. The lowest BCUT2D eigenvalue weighted by Crippen LogP contribution is -2.08. The van der Waals surface area contributed by atoms with E-state index in [-0.39, 0.29) is 0 Å². The van der Waals surface area contributed by atoms with Crippen molar-refractivity contribution in [2.24, 2.45) is 0 Å². The Morgan fingerprint density at radius 2 is 1.96 bits per heavy atom. The molecule has 0 amide bonds. The Labute approximate surface area is 149 Å². The van der Waals surface area contributed by atoms with E-state index in [1.807, 2.05) is 41.8 Å². The highest BCUT2D eigenvalue weighted by molar-refractivity contribution is 7.16. The fourth-order valence-corrected chi connectivity index (χ4v) is 3.32. The molecule has 7 heteroatoms. The highest BCUT2D eigenvalue weighted by atomic mass is 32.1. The van der Waals surface area contributed by atoms with Crippen LogP contribution in [0.3, 0.4) is 0 Å². The van der Waals surface area contributed by atoms with Crippen LogP contribution in [0.2, 0.25) is 0 Å². The first-order valence-electron chi connectivity index (χ1n) is 8.19. The minimum atomic E-state index is 0.547. The molecule has 1 aromatic carbocycles. The summed E-state index contributed by atoms with van der Waals surface area (Å²) in [6.45, 7) is 2.73. The van der Waals surface area contributed by atoms with Crippen LogP contribution in [0.15, 0.2) is 46.2 Å². The molecule has 0 spiro atoms. The van der Waals surface area contributed by atoms with Crippen LogP contribution >= 0.6 is 11.3 Å². The number of hydrogen-bond acceptors (Lipinski definition) is 7. The molecule has 0 atom stereocenters. The number of nitrogens with zero attached hydrogens (tertiary/aromatic N) is 4. The van der Waals surface area contributed by atoms with Crippen molar-refractivity contribution in [3.05, 3.63) is 53.5 Å². The average Bonchev–Trinajstić information content (AvgIpc) is 3.31.